The lowest BCUT2D eigenvalue weighted by atomic mass is 9.99. The summed E-state index contributed by atoms with van der Waals surface area (Å²) in [6.45, 7) is 6.35. The first-order valence-corrected chi connectivity index (χ1v) is 9.45. The molecular weight excluding hydrogens is 310 g/mol. The van der Waals surface area contributed by atoms with Gasteiger partial charge < -0.3 is 4.74 Å². The summed E-state index contributed by atoms with van der Waals surface area (Å²) in [5.41, 5.74) is 2.25. The number of para-hydroxylation sites is 1. The summed E-state index contributed by atoms with van der Waals surface area (Å²) in [5, 5.41) is 0. The highest BCUT2D eigenvalue weighted by Gasteiger charge is 2.28. The van der Waals surface area contributed by atoms with Crippen LogP contribution in [0.5, 0.6) is 5.75 Å². The molecule has 2 aliphatic heterocycles. The van der Waals surface area contributed by atoms with Crippen LogP contribution in [-0.2, 0) is 13.2 Å². The van der Waals surface area contributed by atoms with Gasteiger partial charge in [-0.15, -0.1) is 0 Å². The van der Waals surface area contributed by atoms with E-state index in [4.69, 9.17) is 4.74 Å². The molecule has 0 spiro atoms. The maximum atomic E-state index is 6.07. The third-order valence-electron chi connectivity index (χ3n) is 5.39. The summed E-state index contributed by atoms with van der Waals surface area (Å²) in [6.07, 6.45) is 5.93. The van der Waals surface area contributed by atoms with E-state index in [1.54, 1.807) is 0 Å². The highest BCUT2D eigenvalue weighted by Crippen LogP contribution is 2.25. The van der Waals surface area contributed by atoms with Crippen LogP contribution in [-0.4, -0.2) is 47.0 Å². The number of pyridine rings is 1. The molecule has 1 atom stereocenters. The minimum Gasteiger partial charge on any atom is -0.487 e. The molecule has 4 heteroatoms. The van der Waals surface area contributed by atoms with Crippen molar-refractivity contribution in [2.45, 2.75) is 38.5 Å². The van der Waals surface area contributed by atoms with Gasteiger partial charge in [-0.3, -0.25) is 14.8 Å². The van der Waals surface area contributed by atoms with Crippen LogP contribution in [0.4, 0.5) is 0 Å². The Labute approximate surface area is 150 Å². The zero-order valence-corrected chi connectivity index (χ0v) is 14.8. The number of benzene rings is 1. The second kappa shape index (κ2) is 7.98. The number of hydrogen-bond acceptors (Lipinski definition) is 4. The summed E-state index contributed by atoms with van der Waals surface area (Å²) >= 11 is 0. The van der Waals surface area contributed by atoms with Crippen molar-refractivity contribution >= 4 is 0 Å². The number of aromatic nitrogens is 1. The molecule has 0 radical (unpaired) electrons. The molecule has 0 saturated carbocycles. The molecule has 2 saturated heterocycles. The third kappa shape index (κ3) is 4.20. The van der Waals surface area contributed by atoms with Gasteiger partial charge in [0, 0.05) is 44.0 Å². The van der Waals surface area contributed by atoms with Crippen LogP contribution in [0.2, 0.25) is 0 Å². The van der Waals surface area contributed by atoms with E-state index in [1.807, 2.05) is 24.4 Å². The standard InChI is InChI=1S/C21H27N3O/c1-2-10-21(25-17-19-8-3-5-11-22-19)18(7-1)15-23-13-14-24-12-6-4-9-20(24)16-23/h1-3,5,7-8,10-11,20H,4,6,9,12-17H2. The van der Waals surface area contributed by atoms with Gasteiger partial charge in [-0.25, -0.2) is 0 Å². The average Bonchev–Trinajstić information content (AvgIpc) is 2.68. The molecule has 2 aromatic rings. The normalized spacial score (nSPS) is 21.7. The molecule has 1 aromatic heterocycles. The Hall–Kier alpha value is -1.91. The molecule has 132 valence electrons. The van der Waals surface area contributed by atoms with Gasteiger partial charge in [0.15, 0.2) is 0 Å². The lowest BCUT2D eigenvalue weighted by molar-refractivity contribution is 0.0452. The Kier molecular flexibility index (Phi) is 5.28. The average molecular weight is 337 g/mol. The summed E-state index contributed by atoms with van der Waals surface area (Å²) in [6, 6.07) is 15.1. The molecule has 0 amide bonds. The van der Waals surface area contributed by atoms with Gasteiger partial charge in [-0.1, -0.05) is 30.7 Å². The zero-order valence-electron chi connectivity index (χ0n) is 14.8. The maximum Gasteiger partial charge on any atom is 0.130 e. The Morgan fingerprint density at radius 1 is 1.00 bits per heavy atom. The Balaban J connectivity index is 1.39. The number of ether oxygens (including phenoxy) is 1. The van der Waals surface area contributed by atoms with Crippen LogP contribution >= 0.6 is 0 Å². The molecule has 3 heterocycles. The van der Waals surface area contributed by atoms with Crippen molar-refractivity contribution in [1.29, 1.82) is 0 Å². The van der Waals surface area contributed by atoms with Gasteiger partial charge in [0.25, 0.3) is 0 Å². The quantitative estimate of drug-likeness (QED) is 0.837. The fraction of sp³-hybridized carbons (Fsp3) is 0.476. The van der Waals surface area contributed by atoms with Gasteiger partial charge >= 0.3 is 0 Å². The lowest BCUT2D eigenvalue weighted by Gasteiger charge is -2.44. The molecule has 0 N–H and O–H groups in total. The van der Waals surface area contributed by atoms with Crippen molar-refractivity contribution in [2.24, 2.45) is 0 Å². The summed E-state index contributed by atoms with van der Waals surface area (Å²) < 4.78 is 6.07. The van der Waals surface area contributed by atoms with Crippen molar-refractivity contribution in [3.63, 3.8) is 0 Å². The predicted octanol–water partition coefficient (Wildman–Crippen LogP) is 3.33. The van der Waals surface area contributed by atoms with Crippen LogP contribution < -0.4 is 4.74 Å². The summed E-state index contributed by atoms with van der Waals surface area (Å²) in [7, 11) is 0. The minimum absolute atomic E-state index is 0.522. The van der Waals surface area contributed by atoms with Crippen molar-refractivity contribution in [3.8, 4) is 5.75 Å². The highest BCUT2D eigenvalue weighted by molar-refractivity contribution is 5.33. The van der Waals surface area contributed by atoms with Crippen molar-refractivity contribution in [3.05, 3.63) is 59.9 Å². The number of piperidine rings is 1. The number of nitrogens with zero attached hydrogens (tertiary/aromatic N) is 3. The van der Waals surface area contributed by atoms with E-state index in [1.165, 1.54) is 44.5 Å². The molecule has 2 aliphatic rings. The van der Waals surface area contributed by atoms with E-state index in [0.29, 0.717) is 6.61 Å². The van der Waals surface area contributed by atoms with E-state index in [-0.39, 0.29) is 0 Å². The molecule has 0 bridgehead atoms. The Bertz CT molecular complexity index is 676. The van der Waals surface area contributed by atoms with Crippen LogP contribution in [0, 0.1) is 0 Å². The number of piperazine rings is 1. The van der Waals surface area contributed by atoms with Crippen molar-refractivity contribution < 1.29 is 4.74 Å². The molecule has 4 nitrogen and oxygen atoms in total. The van der Waals surface area contributed by atoms with Crippen molar-refractivity contribution in [2.75, 3.05) is 26.2 Å². The van der Waals surface area contributed by atoms with Crippen LogP contribution in [0.15, 0.2) is 48.7 Å². The Morgan fingerprint density at radius 3 is 2.84 bits per heavy atom. The molecule has 2 fully saturated rings. The lowest BCUT2D eigenvalue weighted by Crippen LogP contribution is -2.54. The maximum absolute atomic E-state index is 6.07. The number of fused-ring (bicyclic) bond motifs is 1. The van der Waals surface area contributed by atoms with Crippen LogP contribution in [0.1, 0.15) is 30.5 Å². The first-order chi connectivity index (χ1) is 12.4. The zero-order chi connectivity index (χ0) is 16.9. The van der Waals surface area contributed by atoms with E-state index < -0.39 is 0 Å². The molecule has 0 aliphatic carbocycles. The predicted molar refractivity (Wildman–Crippen MR) is 99.5 cm³/mol. The van der Waals surface area contributed by atoms with E-state index >= 15 is 0 Å². The van der Waals surface area contributed by atoms with Gasteiger partial charge in [0.2, 0.25) is 0 Å². The first-order valence-electron chi connectivity index (χ1n) is 9.45. The second-order valence-corrected chi connectivity index (χ2v) is 7.14. The summed E-state index contributed by atoms with van der Waals surface area (Å²) in [4.78, 5) is 9.62. The SMILES string of the molecule is c1ccc(COc2ccccc2CN2CCN3CCCCC3C2)nc1. The number of rotatable bonds is 5. The number of hydrogen-bond donors (Lipinski definition) is 0. The molecule has 1 unspecified atom stereocenters. The van der Waals surface area contributed by atoms with Gasteiger partial charge in [0.05, 0.1) is 5.69 Å². The molecule has 4 rings (SSSR count). The fourth-order valence-electron chi connectivity index (χ4n) is 4.02. The van der Waals surface area contributed by atoms with Gasteiger partial charge in [0.1, 0.15) is 12.4 Å². The Morgan fingerprint density at radius 2 is 1.92 bits per heavy atom. The van der Waals surface area contributed by atoms with Crippen LogP contribution in [0.3, 0.4) is 0 Å². The summed E-state index contributed by atoms with van der Waals surface area (Å²) in [5.74, 6) is 0.985. The minimum atomic E-state index is 0.522. The fourth-order valence-corrected chi connectivity index (χ4v) is 4.02. The van der Waals surface area contributed by atoms with Crippen molar-refractivity contribution in [1.82, 2.24) is 14.8 Å². The van der Waals surface area contributed by atoms with Gasteiger partial charge in [-0.2, -0.15) is 0 Å². The topological polar surface area (TPSA) is 28.6 Å². The first kappa shape index (κ1) is 16.6. The van der Waals surface area contributed by atoms with E-state index in [2.05, 4.69) is 39.0 Å². The highest BCUT2D eigenvalue weighted by atomic mass is 16.5. The van der Waals surface area contributed by atoms with Crippen LogP contribution in [0.25, 0.3) is 0 Å². The smallest absolute Gasteiger partial charge is 0.130 e. The molecule has 1 aromatic carbocycles. The molecule has 25 heavy (non-hydrogen) atoms. The van der Waals surface area contributed by atoms with E-state index in [9.17, 15) is 0 Å². The second-order valence-electron chi connectivity index (χ2n) is 7.14. The van der Waals surface area contributed by atoms with Gasteiger partial charge in [-0.05, 0) is 37.6 Å². The molecular formula is C21H27N3O. The largest absolute Gasteiger partial charge is 0.487 e. The monoisotopic (exact) mass is 337 g/mol. The van der Waals surface area contributed by atoms with E-state index in [0.717, 1.165) is 30.6 Å². The third-order valence-corrected chi connectivity index (χ3v) is 5.39.